The highest BCUT2D eigenvalue weighted by molar-refractivity contribution is 7.47. The van der Waals surface area contributed by atoms with Crippen LogP contribution in [0.15, 0.2) is 12.2 Å². The Hall–Kier alpha value is -0.760. The van der Waals surface area contributed by atoms with Gasteiger partial charge in [-0.25, -0.2) is 4.57 Å². The lowest BCUT2D eigenvalue weighted by molar-refractivity contribution is -0.870. The first kappa shape index (κ1) is 53.2. The molecule has 9 heteroatoms. The topological polar surface area (TPSA) is 105 Å². The van der Waals surface area contributed by atoms with E-state index in [0.29, 0.717) is 17.4 Å². The molecule has 0 rings (SSSR count). The van der Waals surface area contributed by atoms with Crippen LogP contribution in [0, 0.1) is 0 Å². The van der Waals surface area contributed by atoms with Gasteiger partial charge in [0.25, 0.3) is 0 Å². The third-order valence-corrected chi connectivity index (χ3v) is 11.5. The molecule has 0 aromatic carbocycles. The minimum absolute atomic E-state index is 0.0645. The average Bonchev–Trinajstić information content (AvgIpc) is 3.12. The minimum atomic E-state index is -4.33. The lowest BCUT2D eigenvalue weighted by atomic mass is 10.0. The number of nitrogens with zero attached hydrogens (tertiary/aromatic N) is 1. The van der Waals surface area contributed by atoms with Gasteiger partial charge in [0, 0.05) is 6.42 Å². The number of nitrogens with one attached hydrogen (secondary N) is 1. The Morgan fingerprint density at radius 2 is 0.981 bits per heavy atom. The smallest absolute Gasteiger partial charge is 0.387 e. The highest BCUT2D eigenvalue weighted by Crippen LogP contribution is 2.43. The van der Waals surface area contributed by atoms with E-state index in [1.165, 1.54) is 167 Å². The number of carbonyl (C=O) groups is 1. The summed E-state index contributed by atoms with van der Waals surface area (Å²) >= 11 is 0. The first-order valence-corrected chi connectivity index (χ1v) is 24.6. The lowest BCUT2D eigenvalue weighted by Gasteiger charge is -2.25. The number of carbonyl (C=O) groups excluding carboxylic acids is 1. The Morgan fingerprint density at radius 1 is 0.611 bits per heavy atom. The number of unbranched alkanes of at least 4 members (excludes halogenated alkanes) is 29. The van der Waals surface area contributed by atoms with Gasteiger partial charge in [-0.2, -0.15) is 0 Å². The fraction of sp³-hybridized carbons (Fsp3) is 0.933. The molecule has 0 spiro atoms. The highest BCUT2D eigenvalue weighted by atomic mass is 31.2. The summed E-state index contributed by atoms with van der Waals surface area (Å²) in [4.78, 5) is 23.0. The van der Waals surface area contributed by atoms with Gasteiger partial charge in [-0.1, -0.05) is 206 Å². The fourth-order valence-corrected chi connectivity index (χ4v) is 7.54. The van der Waals surface area contributed by atoms with Gasteiger partial charge in [-0.3, -0.25) is 13.8 Å². The summed E-state index contributed by atoms with van der Waals surface area (Å²) in [6.45, 7) is 4.81. The number of aliphatic hydroxyl groups excluding tert-OH is 1. The Morgan fingerprint density at radius 3 is 1.37 bits per heavy atom. The van der Waals surface area contributed by atoms with E-state index in [1.54, 1.807) is 6.08 Å². The monoisotopic (exact) mass is 788 g/mol. The normalized spacial score (nSPS) is 14.4. The summed E-state index contributed by atoms with van der Waals surface area (Å²) in [6.07, 6.45) is 42.9. The standard InChI is InChI=1S/C45H91N2O6P/c1-6-8-10-12-14-16-18-19-20-21-22-23-24-25-26-27-28-29-30-32-34-36-38-44(48)43(42-53-54(50,51)52-41-40-47(3,4)5)46-45(49)39-37-35-33-31-17-15-13-11-9-7-2/h36,38,43-44,48H,6-35,37,39-42H2,1-5H3,(H-,46,49,50,51)/p+1/b38-36+. The van der Waals surface area contributed by atoms with Crippen LogP contribution < -0.4 is 5.32 Å². The maximum atomic E-state index is 12.8. The van der Waals surface area contributed by atoms with Gasteiger partial charge in [0.05, 0.1) is 39.9 Å². The van der Waals surface area contributed by atoms with Gasteiger partial charge in [-0.05, 0) is 19.3 Å². The van der Waals surface area contributed by atoms with Crippen molar-refractivity contribution in [2.75, 3.05) is 40.9 Å². The molecule has 3 unspecified atom stereocenters. The molecular formula is C45H92N2O6P+. The van der Waals surface area contributed by atoms with Crippen LogP contribution in [0.5, 0.6) is 0 Å². The van der Waals surface area contributed by atoms with Gasteiger partial charge >= 0.3 is 7.82 Å². The molecule has 0 heterocycles. The second-order valence-electron chi connectivity index (χ2n) is 17.1. The Labute approximate surface area is 335 Å². The van der Waals surface area contributed by atoms with E-state index >= 15 is 0 Å². The van der Waals surface area contributed by atoms with E-state index in [9.17, 15) is 19.4 Å². The van der Waals surface area contributed by atoms with E-state index in [4.69, 9.17) is 9.05 Å². The molecule has 0 aliphatic rings. The number of hydrogen-bond donors (Lipinski definition) is 3. The highest BCUT2D eigenvalue weighted by Gasteiger charge is 2.27. The van der Waals surface area contributed by atoms with Gasteiger partial charge in [-0.15, -0.1) is 0 Å². The Balaban J connectivity index is 4.27. The number of aliphatic hydroxyl groups is 1. The number of quaternary nitrogens is 1. The largest absolute Gasteiger partial charge is 0.472 e. The maximum absolute atomic E-state index is 12.8. The van der Waals surface area contributed by atoms with Crippen molar-refractivity contribution in [3.8, 4) is 0 Å². The molecule has 3 N–H and O–H groups in total. The second kappa shape index (κ2) is 37.8. The van der Waals surface area contributed by atoms with E-state index in [2.05, 4.69) is 19.2 Å². The molecule has 3 atom stereocenters. The molecule has 0 radical (unpaired) electrons. The maximum Gasteiger partial charge on any atom is 0.472 e. The minimum Gasteiger partial charge on any atom is -0.387 e. The first-order valence-electron chi connectivity index (χ1n) is 23.1. The average molecular weight is 788 g/mol. The molecule has 322 valence electrons. The van der Waals surface area contributed by atoms with E-state index in [1.807, 2.05) is 27.2 Å². The summed E-state index contributed by atoms with van der Waals surface area (Å²) in [7, 11) is 1.58. The lowest BCUT2D eigenvalue weighted by Crippen LogP contribution is -2.45. The number of rotatable bonds is 42. The van der Waals surface area contributed by atoms with E-state index < -0.39 is 20.0 Å². The van der Waals surface area contributed by atoms with Crippen molar-refractivity contribution in [3.63, 3.8) is 0 Å². The fourth-order valence-electron chi connectivity index (χ4n) is 6.81. The number of amides is 1. The molecule has 0 aromatic rings. The number of phosphoric acid groups is 1. The van der Waals surface area contributed by atoms with Gasteiger partial charge in [0.2, 0.25) is 5.91 Å². The van der Waals surface area contributed by atoms with Crippen molar-refractivity contribution in [3.05, 3.63) is 12.2 Å². The van der Waals surface area contributed by atoms with Crippen LogP contribution in [-0.2, 0) is 18.4 Å². The molecule has 54 heavy (non-hydrogen) atoms. The predicted molar refractivity (Wildman–Crippen MR) is 231 cm³/mol. The zero-order valence-electron chi connectivity index (χ0n) is 36.5. The van der Waals surface area contributed by atoms with Crippen LogP contribution in [-0.4, -0.2) is 73.4 Å². The molecule has 0 saturated carbocycles. The number of likely N-dealkylation sites (N-methyl/N-ethyl adjacent to an activating group) is 1. The molecule has 8 nitrogen and oxygen atoms in total. The number of hydrogen-bond acceptors (Lipinski definition) is 5. The van der Waals surface area contributed by atoms with Crippen molar-refractivity contribution in [2.24, 2.45) is 0 Å². The molecule has 0 bridgehead atoms. The predicted octanol–water partition coefficient (Wildman–Crippen LogP) is 12.8. The van der Waals surface area contributed by atoms with E-state index in [-0.39, 0.29) is 19.1 Å². The summed E-state index contributed by atoms with van der Waals surface area (Å²) in [5.41, 5.74) is 0. The van der Waals surface area contributed by atoms with Crippen LogP contribution in [0.4, 0.5) is 0 Å². The third kappa shape index (κ3) is 39.5. The summed E-state index contributed by atoms with van der Waals surface area (Å²) < 4.78 is 23.5. The molecule has 0 aromatic heterocycles. The van der Waals surface area contributed by atoms with Crippen LogP contribution in [0.2, 0.25) is 0 Å². The molecule has 0 fully saturated rings. The number of allylic oxidation sites excluding steroid dienone is 1. The van der Waals surface area contributed by atoms with E-state index in [0.717, 1.165) is 32.1 Å². The summed E-state index contributed by atoms with van der Waals surface area (Å²) in [5.74, 6) is -0.177. The van der Waals surface area contributed by atoms with Crippen molar-refractivity contribution in [1.82, 2.24) is 5.32 Å². The quantitative estimate of drug-likeness (QED) is 0.0246. The van der Waals surface area contributed by atoms with Crippen LogP contribution in [0.25, 0.3) is 0 Å². The van der Waals surface area contributed by atoms with Crippen molar-refractivity contribution in [1.29, 1.82) is 0 Å². The van der Waals surface area contributed by atoms with Crippen molar-refractivity contribution >= 4 is 13.7 Å². The number of phosphoric ester groups is 1. The Bertz CT molecular complexity index is 896. The van der Waals surface area contributed by atoms with Crippen molar-refractivity contribution < 1.29 is 32.9 Å². The SMILES string of the molecule is CCCCCCCCCCCCCCCCCCCCCC/C=C/C(O)C(COP(=O)(O)OCC[N+](C)(C)C)NC(=O)CCCCCCCCCCCC. The Kier molecular flexibility index (Phi) is 37.3. The first-order chi connectivity index (χ1) is 26.0. The third-order valence-electron chi connectivity index (χ3n) is 10.5. The summed E-state index contributed by atoms with van der Waals surface area (Å²) in [6, 6.07) is -0.839. The molecule has 0 aliphatic heterocycles. The molecule has 0 saturated heterocycles. The summed E-state index contributed by atoms with van der Waals surface area (Å²) in [5, 5.41) is 13.8. The van der Waals surface area contributed by atoms with Crippen LogP contribution in [0.1, 0.15) is 219 Å². The van der Waals surface area contributed by atoms with Gasteiger partial charge in [0.15, 0.2) is 0 Å². The molecule has 0 aliphatic carbocycles. The zero-order chi connectivity index (χ0) is 40.0. The molecular weight excluding hydrogens is 695 g/mol. The van der Waals surface area contributed by atoms with Gasteiger partial charge < -0.3 is 19.8 Å². The van der Waals surface area contributed by atoms with Gasteiger partial charge in [0.1, 0.15) is 13.2 Å². The van der Waals surface area contributed by atoms with Crippen molar-refractivity contribution in [2.45, 2.75) is 231 Å². The zero-order valence-corrected chi connectivity index (χ0v) is 37.4. The van der Waals surface area contributed by atoms with Crippen LogP contribution >= 0.6 is 7.82 Å². The second-order valence-corrected chi connectivity index (χ2v) is 18.6. The van der Waals surface area contributed by atoms with Crippen LogP contribution in [0.3, 0.4) is 0 Å². The molecule has 1 amide bonds.